The number of thiophene rings is 1. The first-order valence-corrected chi connectivity index (χ1v) is 7.46. The van der Waals surface area contributed by atoms with Gasteiger partial charge < -0.3 is 11.5 Å². The number of carbonyl (C=O) groups excluding carboxylic acids is 1. The van der Waals surface area contributed by atoms with Crippen LogP contribution < -0.4 is 11.5 Å². The number of amides is 1. The van der Waals surface area contributed by atoms with Gasteiger partial charge in [-0.2, -0.15) is 5.10 Å². The number of hydrogen-bond donors (Lipinski definition) is 2. The Kier molecular flexibility index (Phi) is 2.97. The third-order valence-electron chi connectivity index (χ3n) is 3.81. The van der Waals surface area contributed by atoms with Crippen LogP contribution in [-0.4, -0.2) is 29.7 Å². The van der Waals surface area contributed by atoms with Gasteiger partial charge in [0.2, 0.25) is 0 Å². The number of primary amides is 1. The Bertz CT molecular complexity index is 563. The standard InChI is InChI=1S/C13H18N4OS/c1-2-5-17-6-8-9(16-17)4-3-7-10(12(14)18)13(15)19-11(7)8/h8H,2-6,15H2,1H3,(H2,14,18). The fraction of sp³-hybridized carbons (Fsp3) is 0.538. The van der Waals surface area contributed by atoms with Crippen LogP contribution in [-0.2, 0) is 6.42 Å². The van der Waals surface area contributed by atoms with Crippen molar-refractivity contribution in [2.45, 2.75) is 32.1 Å². The Morgan fingerprint density at radius 2 is 2.32 bits per heavy atom. The van der Waals surface area contributed by atoms with E-state index in [0.717, 1.165) is 37.9 Å². The van der Waals surface area contributed by atoms with Crippen molar-refractivity contribution in [2.24, 2.45) is 10.8 Å². The van der Waals surface area contributed by atoms with Crippen molar-refractivity contribution in [3.8, 4) is 0 Å². The van der Waals surface area contributed by atoms with E-state index in [1.165, 1.54) is 21.9 Å². The first-order chi connectivity index (χ1) is 9.11. The zero-order chi connectivity index (χ0) is 13.6. The van der Waals surface area contributed by atoms with Gasteiger partial charge in [-0.05, 0) is 24.8 Å². The largest absolute Gasteiger partial charge is 0.390 e. The summed E-state index contributed by atoms with van der Waals surface area (Å²) in [6.07, 6.45) is 2.83. The summed E-state index contributed by atoms with van der Waals surface area (Å²) >= 11 is 1.51. The van der Waals surface area contributed by atoms with Crippen molar-refractivity contribution in [2.75, 3.05) is 18.8 Å². The highest BCUT2D eigenvalue weighted by atomic mass is 32.1. The third-order valence-corrected chi connectivity index (χ3v) is 4.98. The van der Waals surface area contributed by atoms with Crippen LogP contribution in [0.15, 0.2) is 5.10 Å². The first kappa shape index (κ1) is 12.5. The molecule has 1 aliphatic carbocycles. The second kappa shape index (κ2) is 4.52. The van der Waals surface area contributed by atoms with Gasteiger partial charge in [-0.15, -0.1) is 11.3 Å². The number of rotatable bonds is 3. The Hall–Kier alpha value is -1.56. The molecule has 1 aliphatic heterocycles. The van der Waals surface area contributed by atoms with Gasteiger partial charge in [-0.3, -0.25) is 9.80 Å². The predicted molar refractivity (Wildman–Crippen MR) is 77.6 cm³/mol. The van der Waals surface area contributed by atoms with Crippen molar-refractivity contribution in [1.29, 1.82) is 0 Å². The molecule has 1 aromatic heterocycles. The maximum Gasteiger partial charge on any atom is 0.251 e. The Morgan fingerprint density at radius 3 is 3.00 bits per heavy atom. The molecule has 0 aromatic carbocycles. The Balaban J connectivity index is 1.98. The number of nitrogens with zero attached hydrogens (tertiary/aromatic N) is 2. The number of nitrogens with two attached hydrogens (primary N) is 2. The summed E-state index contributed by atoms with van der Waals surface area (Å²) in [5.74, 6) is -0.0884. The molecule has 0 saturated heterocycles. The molecule has 0 fully saturated rings. The molecule has 2 aliphatic rings. The summed E-state index contributed by atoms with van der Waals surface area (Å²) in [6, 6.07) is 0. The van der Waals surface area contributed by atoms with Gasteiger partial charge >= 0.3 is 0 Å². The lowest BCUT2D eigenvalue weighted by Crippen LogP contribution is -2.23. The monoisotopic (exact) mass is 278 g/mol. The van der Waals surface area contributed by atoms with Crippen LogP contribution >= 0.6 is 11.3 Å². The predicted octanol–water partition coefficient (Wildman–Crippen LogP) is 1.54. The molecule has 0 saturated carbocycles. The van der Waals surface area contributed by atoms with E-state index >= 15 is 0 Å². The summed E-state index contributed by atoms with van der Waals surface area (Å²) in [6.45, 7) is 4.05. The number of nitrogen functional groups attached to an aromatic ring is 1. The highest BCUT2D eigenvalue weighted by molar-refractivity contribution is 7.16. The van der Waals surface area contributed by atoms with Gasteiger partial charge in [0.15, 0.2) is 0 Å². The second-order valence-electron chi connectivity index (χ2n) is 5.10. The highest BCUT2D eigenvalue weighted by Gasteiger charge is 2.36. The van der Waals surface area contributed by atoms with Gasteiger partial charge in [-0.25, -0.2) is 0 Å². The minimum atomic E-state index is -0.404. The molecule has 1 unspecified atom stereocenters. The summed E-state index contributed by atoms with van der Waals surface area (Å²) < 4.78 is 0. The molecule has 19 heavy (non-hydrogen) atoms. The van der Waals surface area contributed by atoms with Crippen LogP contribution in [0.25, 0.3) is 0 Å². The Labute approximate surface area is 116 Å². The van der Waals surface area contributed by atoms with E-state index in [4.69, 9.17) is 11.5 Å². The van der Waals surface area contributed by atoms with E-state index in [2.05, 4.69) is 17.0 Å². The summed E-state index contributed by atoms with van der Waals surface area (Å²) in [5, 5.41) is 7.38. The van der Waals surface area contributed by atoms with Crippen molar-refractivity contribution in [3.63, 3.8) is 0 Å². The topological polar surface area (TPSA) is 84.7 Å². The zero-order valence-corrected chi connectivity index (χ0v) is 11.8. The fourth-order valence-corrected chi connectivity index (χ4v) is 4.26. The van der Waals surface area contributed by atoms with Crippen molar-refractivity contribution >= 4 is 28.0 Å². The van der Waals surface area contributed by atoms with Crippen molar-refractivity contribution in [1.82, 2.24) is 5.01 Å². The fourth-order valence-electron chi connectivity index (χ4n) is 3.02. The smallest absolute Gasteiger partial charge is 0.251 e. The molecular weight excluding hydrogens is 260 g/mol. The zero-order valence-electron chi connectivity index (χ0n) is 11.0. The maximum absolute atomic E-state index is 11.5. The van der Waals surface area contributed by atoms with Gasteiger partial charge in [0.25, 0.3) is 5.91 Å². The highest BCUT2D eigenvalue weighted by Crippen LogP contribution is 2.43. The lowest BCUT2D eigenvalue weighted by Gasteiger charge is -2.19. The first-order valence-electron chi connectivity index (χ1n) is 6.65. The minimum absolute atomic E-state index is 0.315. The molecule has 102 valence electrons. The minimum Gasteiger partial charge on any atom is -0.390 e. The molecule has 2 heterocycles. The molecule has 0 spiro atoms. The molecule has 3 rings (SSSR count). The molecule has 1 amide bonds. The summed E-state index contributed by atoms with van der Waals surface area (Å²) in [5.41, 5.74) is 14.3. The average Bonchev–Trinajstić information content (AvgIpc) is 2.88. The van der Waals surface area contributed by atoms with E-state index in [0.29, 0.717) is 16.5 Å². The van der Waals surface area contributed by atoms with Crippen LogP contribution in [0, 0.1) is 0 Å². The SMILES string of the molecule is CCCN1CC2C(=N1)CCc1c2sc(N)c1C(N)=O. The van der Waals surface area contributed by atoms with Crippen LogP contribution in [0.1, 0.15) is 46.5 Å². The van der Waals surface area contributed by atoms with E-state index in [9.17, 15) is 4.79 Å². The van der Waals surface area contributed by atoms with Gasteiger partial charge in [-0.1, -0.05) is 6.92 Å². The van der Waals surface area contributed by atoms with Crippen LogP contribution in [0.3, 0.4) is 0 Å². The number of hydrazone groups is 1. The van der Waals surface area contributed by atoms with Crippen molar-refractivity contribution < 1.29 is 4.79 Å². The number of carbonyl (C=O) groups is 1. The second-order valence-corrected chi connectivity index (χ2v) is 6.19. The van der Waals surface area contributed by atoms with Gasteiger partial charge in [0, 0.05) is 23.7 Å². The molecule has 6 heteroatoms. The molecule has 0 radical (unpaired) electrons. The quantitative estimate of drug-likeness (QED) is 0.879. The van der Waals surface area contributed by atoms with E-state index in [1.54, 1.807) is 0 Å². The number of fused-ring (bicyclic) bond motifs is 3. The molecule has 1 atom stereocenters. The van der Waals surface area contributed by atoms with E-state index in [1.807, 2.05) is 0 Å². The normalized spacial score (nSPS) is 21.0. The lowest BCUT2D eigenvalue weighted by atomic mass is 9.86. The summed E-state index contributed by atoms with van der Waals surface area (Å²) in [7, 11) is 0. The van der Waals surface area contributed by atoms with E-state index < -0.39 is 5.91 Å². The molecule has 5 nitrogen and oxygen atoms in total. The van der Waals surface area contributed by atoms with Crippen LogP contribution in [0.2, 0.25) is 0 Å². The lowest BCUT2D eigenvalue weighted by molar-refractivity contribution is 0.100. The number of hydrogen-bond acceptors (Lipinski definition) is 5. The van der Waals surface area contributed by atoms with Crippen LogP contribution in [0.5, 0.6) is 0 Å². The van der Waals surface area contributed by atoms with Crippen LogP contribution in [0.4, 0.5) is 5.00 Å². The Morgan fingerprint density at radius 1 is 1.53 bits per heavy atom. The molecule has 4 N–H and O–H groups in total. The number of anilines is 1. The molecular formula is C13H18N4OS. The molecule has 0 bridgehead atoms. The van der Waals surface area contributed by atoms with E-state index in [-0.39, 0.29) is 0 Å². The average molecular weight is 278 g/mol. The van der Waals surface area contributed by atoms with Crippen molar-refractivity contribution in [3.05, 3.63) is 16.0 Å². The van der Waals surface area contributed by atoms with Gasteiger partial charge in [0.05, 0.1) is 16.5 Å². The summed E-state index contributed by atoms with van der Waals surface area (Å²) in [4.78, 5) is 12.7. The third kappa shape index (κ3) is 1.90. The molecule has 1 aromatic rings. The maximum atomic E-state index is 11.5. The van der Waals surface area contributed by atoms with Gasteiger partial charge in [0.1, 0.15) is 0 Å².